The normalized spacial score (nSPS) is 14.8. The molecule has 24 heavy (non-hydrogen) atoms. The molecule has 1 aliphatic carbocycles. The fourth-order valence-corrected chi connectivity index (χ4v) is 3.31. The summed E-state index contributed by atoms with van der Waals surface area (Å²) >= 11 is 0. The highest BCUT2D eigenvalue weighted by Gasteiger charge is 2.14. The Morgan fingerprint density at radius 2 is 1.96 bits per heavy atom. The summed E-state index contributed by atoms with van der Waals surface area (Å²) in [5, 5.41) is 8.70. The lowest BCUT2D eigenvalue weighted by Crippen LogP contribution is -1.94. The smallest absolute Gasteiger partial charge is 0.146 e. The molecule has 0 aliphatic heterocycles. The van der Waals surface area contributed by atoms with Gasteiger partial charge in [0, 0.05) is 36.5 Å². The van der Waals surface area contributed by atoms with Crippen LogP contribution in [0.15, 0.2) is 30.9 Å². The molecule has 5 nitrogen and oxygen atoms in total. The molecule has 3 heterocycles. The highest BCUT2D eigenvalue weighted by molar-refractivity contribution is 5.75. The summed E-state index contributed by atoms with van der Waals surface area (Å²) in [6.45, 7) is 0. The number of aromatic nitrogens is 4. The number of aryl methyl sites for hydroxylation is 1. The van der Waals surface area contributed by atoms with Crippen LogP contribution in [0.3, 0.4) is 0 Å². The summed E-state index contributed by atoms with van der Waals surface area (Å²) in [4.78, 5) is 0. The van der Waals surface area contributed by atoms with E-state index in [9.17, 15) is 0 Å². The number of methoxy groups -OCH3 is 1. The molecule has 1 fully saturated rings. The third kappa shape index (κ3) is 2.65. The van der Waals surface area contributed by atoms with Gasteiger partial charge in [-0.05, 0) is 18.9 Å². The topological polar surface area (TPSA) is 44.4 Å². The molecule has 0 radical (unpaired) electrons. The van der Waals surface area contributed by atoms with E-state index in [2.05, 4.69) is 22.0 Å². The number of hydrogen-bond acceptors (Lipinski definition) is 3. The predicted molar refractivity (Wildman–Crippen MR) is 92.8 cm³/mol. The first-order valence-electron chi connectivity index (χ1n) is 8.30. The Hall–Kier alpha value is -2.74. The molecule has 4 rings (SSSR count). The lowest BCUT2D eigenvalue weighted by molar-refractivity contribution is 0.417. The van der Waals surface area contributed by atoms with Gasteiger partial charge in [-0.1, -0.05) is 24.7 Å². The molecule has 1 saturated carbocycles. The minimum absolute atomic E-state index is 0.528. The van der Waals surface area contributed by atoms with Crippen LogP contribution in [0.2, 0.25) is 0 Å². The van der Waals surface area contributed by atoms with E-state index in [1.54, 1.807) is 11.8 Å². The van der Waals surface area contributed by atoms with Gasteiger partial charge in [-0.15, -0.1) is 0 Å². The maximum atomic E-state index is 5.61. The Kier molecular flexibility index (Phi) is 3.73. The molecule has 0 bridgehead atoms. The van der Waals surface area contributed by atoms with Crippen molar-refractivity contribution < 1.29 is 4.74 Å². The highest BCUT2D eigenvalue weighted by atomic mass is 16.5. The van der Waals surface area contributed by atoms with Gasteiger partial charge in [0.1, 0.15) is 11.3 Å². The first kappa shape index (κ1) is 14.8. The lowest BCUT2D eigenvalue weighted by atomic mass is 10.1. The summed E-state index contributed by atoms with van der Waals surface area (Å²) < 4.78 is 9.24. The number of fused-ring (bicyclic) bond motifs is 1. The van der Waals surface area contributed by atoms with Crippen LogP contribution in [0.5, 0.6) is 5.75 Å². The van der Waals surface area contributed by atoms with Crippen LogP contribution in [-0.4, -0.2) is 26.5 Å². The zero-order chi connectivity index (χ0) is 16.5. The molecule has 5 heteroatoms. The zero-order valence-corrected chi connectivity index (χ0v) is 14.0. The van der Waals surface area contributed by atoms with Gasteiger partial charge in [0.15, 0.2) is 0 Å². The molecule has 0 atom stereocenters. The fourth-order valence-electron chi connectivity index (χ4n) is 3.31. The average Bonchev–Trinajstić information content (AvgIpc) is 3.32. The van der Waals surface area contributed by atoms with Gasteiger partial charge in [-0.25, -0.2) is 4.52 Å². The quantitative estimate of drug-likeness (QED) is 0.681. The summed E-state index contributed by atoms with van der Waals surface area (Å²) in [5.74, 6) is 8.03. The van der Waals surface area contributed by atoms with Crippen molar-refractivity contribution >= 4 is 5.52 Å². The molecule has 1 aliphatic rings. The van der Waals surface area contributed by atoms with Gasteiger partial charge >= 0.3 is 0 Å². The minimum Gasteiger partial charge on any atom is -0.494 e. The van der Waals surface area contributed by atoms with Crippen molar-refractivity contribution in [3.05, 3.63) is 36.4 Å². The van der Waals surface area contributed by atoms with Crippen molar-refractivity contribution in [2.75, 3.05) is 7.11 Å². The number of nitrogens with zero attached hydrogens (tertiary/aromatic N) is 4. The summed E-state index contributed by atoms with van der Waals surface area (Å²) in [6, 6.07) is 2.02. The molecule has 0 amide bonds. The van der Waals surface area contributed by atoms with Crippen molar-refractivity contribution in [2.45, 2.75) is 25.7 Å². The van der Waals surface area contributed by atoms with Gasteiger partial charge in [-0.2, -0.15) is 10.2 Å². The van der Waals surface area contributed by atoms with E-state index in [-0.39, 0.29) is 0 Å². The van der Waals surface area contributed by atoms with E-state index in [4.69, 9.17) is 4.74 Å². The van der Waals surface area contributed by atoms with E-state index in [0.717, 1.165) is 28.0 Å². The molecule has 0 N–H and O–H groups in total. The van der Waals surface area contributed by atoms with E-state index >= 15 is 0 Å². The summed E-state index contributed by atoms with van der Waals surface area (Å²) in [5.41, 5.74) is 3.91. The highest BCUT2D eigenvalue weighted by Crippen LogP contribution is 2.30. The van der Waals surface area contributed by atoms with Crippen molar-refractivity contribution in [3.8, 4) is 28.7 Å². The van der Waals surface area contributed by atoms with Crippen molar-refractivity contribution in [1.29, 1.82) is 0 Å². The Morgan fingerprint density at radius 3 is 2.67 bits per heavy atom. The average molecular weight is 320 g/mol. The third-order valence-corrected chi connectivity index (χ3v) is 4.60. The first-order chi connectivity index (χ1) is 11.7. The lowest BCUT2D eigenvalue weighted by Gasteiger charge is -2.06. The van der Waals surface area contributed by atoms with Crippen LogP contribution in [0, 0.1) is 17.8 Å². The molecule has 122 valence electrons. The van der Waals surface area contributed by atoms with Crippen molar-refractivity contribution in [3.63, 3.8) is 0 Å². The Labute approximate surface area is 141 Å². The van der Waals surface area contributed by atoms with Crippen LogP contribution in [-0.2, 0) is 7.05 Å². The molecule has 0 unspecified atom stereocenters. The van der Waals surface area contributed by atoms with E-state index in [1.165, 1.54) is 25.7 Å². The molecule has 3 aromatic heterocycles. The molecule has 3 aromatic rings. The van der Waals surface area contributed by atoms with Crippen LogP contribution in [0.1, 0.15) is 31.2 Å². The monoisotopic (exact) mass is 320 g/mol. The minimum atomic E-state index is 0.528. The van der Waals surface area contributed by atoms with Gasteiger partial charge in [0.05, 0.1) is 25.1 Å². The van der Waals surface area contributed by atoms with E-state index in [0.29, 0.717) is 5.92 Å². The molecule has 0 saturated heterocycles. The molecular weight excluding hydrogens is 300 g/mol. The SMILES string of the molecule is COc1cc(-c2cnn(C)c2)cn2ncc(C#CC3CCCC3)c12. The van der Waals surface area contributed by atoms with E-state index < -0.39 is 0 Å². The Balaban J connectivity index is 1.78. The Bertz CT molecular complexity index is 935. The van der Waals surface area contributed by atoms with Crippen LogP contribution in [0.4, 0.5) is 0 Å². The van der Waals surface area contributed by atoms with Gasteiger partial charge in [0.25, 0.3) is 0 Å². The number of hydrogen-bond donors (Lipinski definition) is 0. The summed E-state index contributed by atoms with van der Waals surface area (Å²) in [7, 11) is 3.59. The second-order valence-corrected chi connectivity index (χ2v) is 6.30. The number of ether oxygens (including phenoxy) is 1. The fraction of sp³-hybridized carbons (Fsp3) is 0.368. The zero-order valence-electron chi connectivity index (χ0n) is 14.0. The largest absolute Gasteiger partial charge is 0.494 e. The van der Waals surface area contributed by atoms with Gasteiger partial charge in [-0.3, -0.25) is 4.68 Å². The maximum Gasteiger partial charge on any atom is 0.146 e. The van der Waals surface area contributed by atoms with Crippen LogP contribution in [0.25, 0.3) is 16.6 Å². The van der Waals surface area contributed by atoms with Crippen molar-refractivity contribution in [1.82, 2.24) is 19.4 Å². The van der Waals surface area contributed by atoms with Gasteiger partial charge < -0.3 is 4.74 Å². The Morgan fingerprint density at radius 1 is 1.12 bits per heavy atom. The number of rotatable bonds is 2. The summed E-state index contributed by atoms with van der Waals surface area (Å²) in [6.07, 6.45) is 12.7. The second kappa shape index (κ2) is 6.04. The van der Waals surface area contributed by atoms with E-state index in [1.807, 2.05) is 42.4 Å². The first-order valence-corrected chi connectivity index (χ1v) is 8.30. The molecule has 0 spiro atoms. The number of pyridine rings is 1. The van der Waals surface area contributed by atoms with Crippen molar-refractivity contribution in [2.24, 2.45) is 13.0 Å². The molecular formula is C19H20N4O. The van der Waals surface area contributed by atoms with Crippen LogP contribution >= 0.6 is 0 Å². The van der Waals surface area contributed by atoms with Gasteiger partial charge in [0.2, 0.25) is 0 Å². The van der Waals surface area contributed by atoms with Crippen LogP contribution < -0.4 is 4.74 Å². The standard InChI is InChI=1S/C19H20N4O/c1-22-12-17(11-20-22)16-9-18(24-2)19-15(10-21-23(19)13-16)8-7-14-5-3-4-6-14/h9-14H,3-6H2,1-2H3. The molecule has 0 aromatic carbocycles. The predicted octanol–water partition coefficient (Wildman–Crippen LogP) is 3.29. The maximum absolute atomic E-state index is 5.61. The second-order valence-electron chi connectivity index (χ2n) is 6.30. The third-order valence-electron chi connectivity index (χ3n) is 4.60.